The van der Waals surface area contributed by atoms with Crippen LogP contribution in [0, 0.1) is 0 Å². The van der Waals surface area contributed by atoms with E-state index in [0.717, 1.165) is 42.9 Å². The van der Waals surface area contributed by atoms with Gasteiger partial charge < -0.3 is 19.5 Å². The Morgan fingerprint density at radius 2 is 2.04 bits per heavy atom. The maximum absolute atomic E-state index is 5.50. The zero-order valence-corrected chi connectivity index (χ0v) is 16.6. The maximum Gasteiger partial charge on any atom is 0.194 e. The van der Waals surface area contributed by atoms with Gasteiger partial charge in [-0.25, -0.2) is 0 Å². The van der Waals surface area contributed by atoms with Gasteiger partial charge in [0.1, 0.15) is 11.6 Å². The topological polar surface area (TPSA) is 67.6 Å². The monoisotopic (exact) mass is 370 g/mol. The lowest BCUT2D eigenvalue weighted by Crippen LogP contribution is -2.38. The molecule has 0 radical (unpaired) electrons. The van der Waals surface area contributed by atoms with Gasteiger partial charge in [0.2, 0.25) is 0 Å². The third-order valence-electron chi connectivity index (χ3n) is 4.82. The summed E-state index contributed by atoms with van der Waals surface area (Å²) in [6.45, 7) is 5.09. The summed E-state index contributed by atoms with van der Waals surface area (Å²) in [6, 6.07) is 8.20. The highest BCUT2D eigenvalue weighted by atomic mass is 16.5. The molecule has 1 aromatic carbocycles. The number of ether oxygens (including phenoxy) is 1. The summed E-state index contributed by atoms with van der Waals surface area (Å²) < 4.78 is 7.77. The fraction of sp³-hybridized carbons (Fsp3) is 0.550. The molecule has 1 aliphatic heterocycles. The van der Waals surface area contributed by atoms with Crippen LogP contribution in [0.3, 0.4) is 0 Å². The second kappa shape index (κ2) is 9.39. The van der Waals surface area contributed by atoms with Gasteiger partial charge in [0.15, 0.2) is 11.8 Å². The zero-order chi connectivity index (χ0) is 19.1. The summed E-state index contributed by atoms with van der Waals surface area (Å²) in [5, 5.41) is 12.2. The van der Waals surface area contributed by atoms with Crippen LogP contribution in [0.2, 0.25) is 0 Å². The lowest BCUT2D eigenvalue weighted by Gasteiger charge is -2.22. The van der Waals surface area contributed by atoms with Gasteiger partial charge in [-0.2, -0.15) is 0 Å². The van der Waals surface area contributed by atoms with Gasteiger partial charge in [0.05, 0.1) is 13.2 Å². The van der Waals surface area contributed by atoms with Crippen LogP contribution in [-0.2, 0) is 26.1 Å². The Hall–Kier alpha value is -2.57. The number of hydrogen-bond acceptors (Lipinski definition) is 4. The number of rotatable bonds is 6. The molecule has 0 atom stereocenters. The number of nitrogens with one attached hydrogen (secondary N) is 1. The molecule has 0 bridgehead atoms. The van der Waals surface area contributed by atoms with Crippen molar-refractivity contribution >= 4 is 5.96 Å². The Morgan fingerprint density at radius 3 is 2.78 bits per heavy atom. The normalized spacial score (nSPS) is 14.4. The van der Waals surface area contributed by atoms with Crippen molar-refractivity contribution in [3.05, 3.63) is 41.5 Å². The van der Waals surface area contributed by atoms with Crippen LogP contribution >= 0.6 is 0 Å². The zero-order valence-electron chi connectivity index (χ0n) is 16.6. The fourth-order valence-electron chi connectivity index (χ4n) is 3.43. The van der Waals surface area contributed by atoms with Crippen molar-refractivity contribution in [3.63, 3.8) is 0 Å². The third-order valence-corrected chi connectivity index (χ3v) is 4.82. The minimum atomic E-state index is 0.632. The van der Waals surface area contributed by atoms with Gasteiger partial charge in [-0.3, -0.25) is 4.99 Å². The SMILES string of the molecule is CCOc1ccc(CN(C)C(=NC)NCc2nnc3n2CCCCC3)cc1. The first kappa shape index (κ1) is 19.2. The molecule has 7 heteroatoms. The Balaban J connectivity index is 1.58. The number of hydrogen-bond donors (Lipinski definition) is 1. The summed E-state index contributed by atoms with van der Waals surface area (Å²) in [6.07, 6.45) is 4.70. The Labute approximate surface area is 161 Å². The van der Waals surface area contributed by atoms with E-state index in [-0.39, 0.29) is 0 Å². The average molecular weight is 371 g/mol. The number of aryl methyl sites for hydroxylation is 1. The molecule has 0 fully saturated rings. The number of nitrogens with zero attached hydrogens (tertiary/aromatic N) is 5. The molecule has 0 saturated carbocycles. The van der Waals surface area contributed by atoms with E-state index >= 15 is 0 Å². The first-order valence-electron chi connectivity index (χ1n) is 9.75. The van der Waals surface area contributed by atoms with Crippen LogP contribution in [-0.4, -0.2) is 46.3 Å². The number of aliphatic imine (C=N–C) groups is 1. The fourth-order valence-corrected chi connectivity index (χ4v) is 3.43. The Bertz CT molecular complexity index is 752. The van der Waals surface area contributed by atoms with Crippen molar-refractivity contribution in [3.8, 4) is 5.75 Å². The molecule has 0 unspecified atom stereocenters. The average Bonchev–Trinajstić information content (AvgIpc) is 2.90. The van der Waals surface area contributed by atoms with E-state index in [4.69, 9.17) is 4.74 Å². The van der Waals surface area contributed by atoms with E-state index in [2.05, 4.69) is 42.1 Å². The van der Waals surface area contributed by atoms with Crippen molar-refractivity contribution in [2.75, 3.05) is 20.7 Å². The van der Waals surface area contributed by atoms with Gasteiger partial charge in [0.25, 0.3) is 0 Å². The molecule has 7 nitrogen and oxygen atoms in total. The molecule has 1 N–H and O–H groups in total. The number of benzene rings is 1. The molecular weight excluding hydrogens is 340 g/mol. The number of guanidine groups is 1. The van der Waals surface area contributed by atoms with Crippen LogP contribution < -0.4 is 10.1 Å². The minimum Gasteiger partial charge on any atom is -0.494 e. The van der Waals surface area contributed by atoms with Gasteiger partial charge in [-0.05, 0) is 37.5 Å². The summed E-state index contributed by atoms with van der Waals surface area (Å²) >= 11 is 0. The van der Waals surface area contributed by atoms with Crippen LogP contribution in [0.4, 0.5) is 0 Å². The maximum atomic E-state index is 5.50. The standard InChI is InChI=1S/C20H30N6O/c1-4-27-17-11-9-16(10-12-17)15-25(3)20(21-2)22-14-19-24-23-18-8-6-5-7-13-26(18)19/h9-12H,4-8,13-15H2,1-3H3,(H,21,22). The van der Waals surface area contributed by atoms with E-state index in [1.165, 1.54) is 24.8 Å². The predicted octanol–water partition coefficient (Wildman–Crippen LogP) is 2.61. The molecule has 3 rings (SSSR count). The van der Waals surface area contributed by atoms with Gasteiger partial charge in [0, 0.05) is 33.6 Å². The second-order valence-corrected chi connectivity index (χ2v) is 6.83. The quantitative estimate of drug-likeness (QED) is 0.625. The summed E-state index contributed by atoms with van der Waals surface area (Å²) in [5.74, 6) is 3.85. The highest BCUT2D eigenvalue weighted by Crippen LogP contribution is 2.15. The van der Waals surface area contributed by atoms with Crippen molar-refractivity contribution in [1.82, 2.24) is 25.0 Å². The van der Waals surface area contributed by atoms with Crippen molar-refractivity contribution in [1.29, 1.82) is 0 Å². The third kappa shape index (κ3) is 4.99. The second-order valence-electron chi connectivity index (χ2n) is 6.83. The van der Waals surface area contributed by atoms with E-state index in [1.54, 1.807) is 7.05 Å². The highest BCUT2D eigenvalue weighted by molar-refractivity contribution is 5.79. The predicted molar refractivity (Wildman–Crippen MR) is 107 cm³/mol. The number of fused-ring (bicyclic) bond motifs is 1. The largest absolute Gasteiger partial charge is 0.494 e. The van der Waals surface area contributed by atoms with Crippen molar-refractivity contribution in [2.24, 2.45) is 4.99 Å². The molecule has 1 aromatic heterocycles. The van der Waals surface area contributed by atoms with Gasteiger partial charge in [-0.15, -0.1) is 10.2 Å². The van der Waals surface area contributed by atoms with Crippen LogP contribution in [0.25, 0.3) is 0 Å². The smallest absolute Gasteiger partial charge is 0.194 e. The lowest BCUT2D eigenvalue weighted by molar-refractivity contribution is 0.340. The van der Waals surface area contributed by atoms with Gasteiger partial charge >= 0.3 is 0 Å². The minimum absolute atomic E-state index is 0.632. The number of aromatic nitrogens is 3. The van der Waals surface area contributed by atoms with E-state index in [1.807, 2.05) is 26.1 Å². The summed E-state index contributed by atoms with van der Waals surface area (Å²) in [4.78, 5) is 6.52. The summed E-state index contributed by atoms with van der Waals surface area (Å²) in [5.41, 5.74) is 1.21. The molecule has 2 aromatic rings. The lowest BCUT2D eigenvalue weighted by atomic mass is 10.2. The molecule has 0 saturated heterocycles. The van der Waals surface area contributed by atoms with E-state index < -0.39 is 0 Å². The first-order valence-corrected chi connectivity index (χ1v) is 9.75. The molecule has 0 aliphatic carbocycles. The molecule has 1 aliphatic rings. The molecular formula is C20H30N6O. The molecule has 27 heavy (non-hydrogen) atoms. The Morgan fingerprint density at radius 1 is 1.22 bits per heavy atom. The van der Waals surface area contributed by atoms with E-state index in [9.17, 15) is 0 Å². The van der Waals surface area contributed by atoms with Crippen LogP contribution in [0.15, 0.2) is 29.3 Å². The van der Waals surface area contributed by atoms with Crippen molar-refractivity contribution < 1.29 is 4.74 Å². The molecule has 0 spiro atoms. The van der Waals surface area contributed by atoms with Gasteiger partial charge in [-0.1, -0.05) is 18.6 Å². The molecule has 2 heterocycles. The Kier molecular flexibility index (Phi) is 6.68. The summed E-state index contributed by atoms with van der Waals surface area (Å²) in [7, 11) is 3.84. The van der Waals surface area contributed by atoms with Crippen LogP contribution in [0.5, 0.6) is 5.75 Å². The highest BCUT2D eigenvalue weighted by Gasteiger charge is 2.15. The molecule has 146 valence electrons. The first-order chi connectivity index (χ1) is 13.2. The van der Waals surface area contributed by atoms with Crippen LogP contribution in [0.1, 0.15) is 43.4 Å². The van der Waals surface area contributed by atoms with E-state index in [0.29, 0.717) is 13.2 Å². The molecule has 0 amide bonds. The van der Waals surface area contributed by atoms with Crippen molar-refractivity contribution in [2.45, 2.75) is 52.2 Å².